The van der Waals surface area contributed by atoms with Gasteiger partial charge in [0.15, 0.2) is 0 Å². The highest BCUT2D eigenvalue weighted by molar-refractivity contribution is 6.04. The molecule has 3 aromatic rings. The maximum absolute atomic E-state index is 12.4. The highest BCUT2D eigenvalue weighted by Gasteiger charge is 2.13. The second kappa shape index (κ2) is 7.80. The molecule has 2 aromatic carbocycles. The molecule has 5 nitrogen and oxygen atoms in total. The topological polar surface area (TPSA) is 66.9 Å². The fourth-order valence-corrected chi connectivity index (χ4v) is 2.84. The fraction of sp³-hybridized carbons (Fsp3) is 0.261. The van der Waals surface area contributed by atoms with Crippen molar-refractivity contribution in [1.82, 2.24) is 9.97 Å². The number of hydrogen-bond acceptors (Lipinski definition) is 4. The van der Waals surface area contributed by atoms with E-state index in [1.165, 1.54) is 18.0 Å². The van der Waals surface area contributed by atoms with Crippen LogP contribution in [0.25, 0.3) is 0 Å². The third kappa shape index (κ3) is 4.74. The molecular formula is C23H26N4O. The molecule has 28 heavy (non-hydrogen) atoms. The standard InChI is InChI=1S/C23H26N4O/c1-15-6-11-20(16(2)12-15)27-21(28)17-13-24-22(25-14-17)26-19-9-7-18(8-10-19)23(3,4)5/h6-14H,1-5H3,(H,27,28)(H,24,25,26). The Morgan fingerprint density at radius 1 is 0.929 bits per heavy atom. The van der Waals surface area contributed by atoms with Crippen LogP contribution in [0.4, 0.5) is 17.3 Å². The molecule has 1 aromatic heterocycles. The molecule has 0 radical (unpaired) electrons. The first-order chi connectivity index (χ1) is 13.2. The van der Waals surface area contributed by atoms with Gasteiger partial charge in [-0.05, 0) is 48.6 Å². The average molecular weight is 374 g/mol. The Kier molecular flexibility index (Phi) is 5.45. The molecule has 0 bridgehead atoms. The number of nitrogens with zero attached hydrogens (tertiary/aromatic N) is 2. The van der Waals surface area contributed by atoms with E-state index in [-0.39, 0.29) is 11.3 Å². The van der Waals surface area contributed by atoms with Gasteiger partial charge in [-0.25, -0.2) is 9.97 Å². The Hall–Kier alpha value is -3.21. The summed E-state index contributed by atoms with van der Waals surface area (Å²) in [6.45, 7) is 10.5. The van der Waals surface area contributed by atoms with Gasteiger partial charge in [0, 0.05) is 23.8 Å². The molecule has 0 aliphatic carbocycles. The Labute approximate surface area is 166 Å². The number of anilines is 3. The molecule has 5 heteroatoms. The van der Waals surface area contributed by atoms with Gasteiger partial charge in [0.1, 0.15) is 0 Å². The molecule has 0 saturated heterocycles. The molecule has 0 saturated carbocycles. The summed E-state index contributed by atoms with van der Waals surface area (Å²) in [7, 11) is 0. The largest absolute Gasteiger partial charge is 0.324 e. The molecule has 0 atom stereocenters. The molecular weight excluding hydrogens is 348 g/mol. The van der Waals surface area contributed by atoms with Crippen molar-refractivity contribution in [2.45, 2.75) is 40.0 Å². The lowest BCUT2D eigenvalue weighted by molar-refractivity contribution is 0.102. The number of benzene rings is 2. The molecule has 0 unspecified atom stereocenters. The number of hydrogen-bond donors (Lipinski definition) is 2. The zero-order valence-electron chi connectivity index (χ0n) is 17.0. The van der Waals surface area contributed by atoms with E-state index in [0.29, 0.717) is 11.5 Å². The average Bonchev–Trinajstić information content (AvgIpc) is 2.64. The van der Waals surface area contributed by atoms with Crippen LogP contribution in [-0.2, 0) is 5.41 Å². The van der Waals surface area contributed by atoms with Crippen molar-refractivity contribution in [2.75, 3.05) is 10.6 Å². The van der Waals surface area contributed by atoms with E-state index in [2.05, 4.69) is 53.5 Å². The first kappa shape index (κ1) is 19.5. The van der Waals surface area contributed by atoms with Gasteiger partial charge in [0.25, 0.3) is 5.91 Å². The van der Waals surface area contributed by atoms with Crippen LogP contribution in [0.5, 0.6) is 0 Å². The maximum Gasteiger partial charge on any atom is 0.258 e. The summed E-state index contributed by atoms with van der Waals surface area (Å²) in [4.78, 5) is 21.0. The molecule has 1 amide bonds. The van der Waals surface area contributed by atoms with Gasteiger partial charge in [-0.15, -0.1) is 0 Å². The third-order valence-corrected chi connectivity index (χ3v) is 4.55. The van der Waals surface area contributed by atoms with Crippen molar-refractivity contribution in [3.8, 4) is 0 Å². The van der Waals surface area contributed by atoms with Crippen LogP contribution in [0.15, 0.2) is 54.9 Å². The van der Waals surface area contributed by atoms with Crippen LogP contribution in [0.3, 0.4) is 0 Å². The van der Waals surface area contributed by atoms with Crippen LogP contribution >= 0.6 is 0 Å². The second-order valence-corrected chi connectivity index (χ2v) is 8.02. The highest BCUT2D eigenvalue weighted by atomic mass is 16.1. The van der Waals surface area contributed by atoms with Crippen molar-refractivity contribution in [2.24, 2.45) is 0 Å². The smallest absolute Gasteiger partial charge is 0.258 e. The van der Waals surface area contributed by atoms with Crippen LogP contribution in [-0.4, -0.2) is 15.9 Å². The van der Waals surface area contributed by atoms with E-state index in [9.17, 15) is 4.79 Å². The minimum atomic E-state index is -0.229. The number of nitrogens with one attached hydrogen (secondary N) is 2. The van der Waals surface area contributed by atoms with Gasteiger partial charge in [0.2, 0.25) is 5.95 Å². The van der Waals surface area contributed by atoms with Crippen LogP contribution in [0.1, 0.15) is 47.8 Å². The van der Waals surface area contributed by atoms with E-state index in [1.807, 2.05) is 44.2 Å². The summed E-state index contributed by atoms with van der Waals surface area (Å²) >= 11 is 0. The normalized spacial score (nSPS) is 11.2. The lowest BCUT2D eigenvalue weighted by Crippen LogP contribution is -2.14. The number of aryl methyl sites for hydroxylation is 2. The number of rotatable bonds is 4. The third-order valence-electron chi connectivity index (χ3n) is 4.55. The molecule has 3 rings (SSSR count). The van der Waals surface area contributed by atoms with E-state index in [4.69, 9.17) is 0 Å². The minimum Gasteiger partial charge on any atom is -0.324 e. The summed E-state index contributed by atoms with van der Waals surface area (Å²) in [6.07, 6.45) is 3.05. The lowest BCUT2D eigenvalue weighted by Gasteiger charge is -2.19. The van der Waals surface area contributed by atoms with Gasteiger partial charge in [-0.1, -0.05) is 50.6 Å². The Balaban J connectivity index is 1.66. The predicted octanol–water partition coefficient (Wildman–Crippen LogP) is 5.39. The SMILES string of the molecule is Cc1ccc(NC(=O)c2cnc(Nc3ccc(C(C)(C)C)cc3)nc2)c(C)c1. The van der Waals surface area contributed by atoms with Crippen LogP contribution < -0.4 is 10.6 Å². The number of aromatic nitrogens is 2. The van der Waals surface area contributed by atoms with Crippen molar-refractivity contribution < 1.29 is 4.79 Å². The minimum absolute atomic E-state index is 0.111. The van der Waals surface area contributed by atoms with Gasteiger partial charge in [0.05, 0.1) is 5.56 Å². The van der Waals surface area contributed by atoms with Gasteiger partial charge in [-0.3, -0.25) is 4.79 Å². The fourth-order valence-electron chi connectivity index (χ4n) is 2.84. The summed E-state index contributed by atoms with van der Waals surface area (Å²) in [6, 6.07) is 14.1. The second-order valence-electron chi connectivity index (χ2n) is 8.02. The van der Waals surface area contributed by atoms with Gasteiger partial charge in [-0.2, -0.15) is 0 Å². The summed E-state index contributed by atoms with van der Waals surface area (Å²) in [5.41, 5.74) is 5.65. The zero-order valence-corrected chi connectivity index (χ0v) is 17.0. The van der Waals surface area contributed by atoms with Gasteiger partial charge < -0.3 is 10.6 Å². The van der Waals surface area contributed by atoms with Crippen LogP contribution in [0, 0.1) is 13.8 Å². The zero-order chi connectivity index (χ0) is 20.3. The van der Waals surface area contributed by atoms with Crippen molar-refractivity contribution in [3.63, 3.8) is 0 Å². The lowest BCUT2D eigenvalue weighted by atomic mass is 9.87. The molecule has 144 valence electrons. The number of carbonyl (C=O) groups excluding carboxylic acids is 1. The van der Waals surface area contributed by atoms with Crippen molar-refractivity contribution >= 4 is 23.2 Å². The first-order valence-electron chi connectivity index (χ1n) is 9.30. The Bertz CT molecular complexity index is 971. The molecule has 0 spiro atoms. The molecule has 0 aliphatic heterocycles. The summed E-state index contributed by atoms with van der Waals surface area (Å²) in [5, 5.41) is 6.06. The number of amides is 1. The molecule has 1 heterocycles. The van der Waals surface area contributed by atoms with E-state index < -0.39 is 0 Å². The Morgan fingerprint density at radius 3 is 2.14 bits per heavy atom. The van der Waals surface area contributed by atoms with Crippen molar-refractivity contribution in [1.29, 1.82) is 0 Å². The predicted molar refractivity (Wildman–Crippen MR) is 114 cm³/mol. The van der Waals surface area contributed by atoms with Crippen LogP contribution in [0.2, 0.25) is 0 Å². The van der Waals surface area contributed by atoms with Crippen molar-refractivity contribution in [3.05, 3.63) is 77.1 Å². The first-order valence-corrected chi connectivity index (χ1v) is 9.30. The maximum atomic E-state index is 12.4. The molecule has 2 N–H and O–H groups in total. The highest BCUT2D eigenvalue weighted by Crippen LogP contribution is 2.24. The van der Waals surface area contributed by atoms with E-state index in [1.54, 1.807) is 0 Å². The molecule has 0 aliphatic rings. The van der Waals surface area contributed by atoms with E-state index in [0.717, 1.165) is 22.5 Å². The monoisotopic (exact) mass is 374 g/mol. The number of carbonyl (C=O) groups is 1. The molecule has 0 fully saturated rings. The van der Waals surface area contributed by atoms with E-state index >= 15 is 0 Å². The quantitative estimate of drug-likeness (QED) is 0.643. The summed E-state index contributed by atoms with van der Waals surface area (Å²) in [5.74, 6) is 0.222. The Morgan fingerprint density at radius 2 is 1.57 bits per heavy atom. The summed E-state index contributed by atoms with van der Waals surface area (Å²) < 4.78 is 0. The van der Waals surface area contributed by atoms with Gasteiger partial charge >= 0.3 is 0 Å².